The Balaban J connectivity index is 2.91. The molecule has 0 fully saturated rings. The Labute approximate surface area is 131 Å². The fourth-order valence-corrected chi connectivity index (χ4v) is 2.14. The van der Waals surface area contributed by atoms with Crippen molar-refractivity contribution in [3.8, 4) is 0 Å². The standard InChI is InChI=1S/C15H23FN2O2S/c1-3-19-9-7-18(8-10-20-4-2)14-6-5-12(16)11-13(14)15(17)21/h5-6,11H,3-4,7-10H2,1-2H3,(H2,17,21). The lowest BCUT2D eigenvalue weighted by Crippen LogP contribution is -2.33. The van der Waals surface area contributed by atoms with Crippen molar-refractivity contribution < 1.29 is 13.9 Å². The molecule has 2 N–H and O–H groups in total. The fraction of sp³-hybridized carbons (Fsp3) is 0.533. The normalized spacial score (nSPS) is 10.6. The fourth-order valence-electron chi connectivity index (χ4n) is 1.97. The monoisotopic (exact) mass is 314 g/mol. The predicted octanol–water partition coefficient (Wildman–Crippen LogP) is 2.34. The number of hydrogen-bond acceptors (Lipinski definition) is 4. The summed E-state index contributed by atoms with van der Waals surface area (Å²) in [4.78, 5) is 2.24. The van der Waals surface area contributed by atoms with E-state index >= 15 is 0 Å². The van der Waals surface area contributed by atoms with Crippen LogP contribution in [0.4, 0.5) is 10.1 Å². The highest BCUT2D eigenvalue weighted by Crippen LogP contribution is 2.21. The minimum Gasteiger partial charge on any atom is -0.389 e. The summed E-state index contributed by atoms with van der Waals surface area (Å²) in [6.07, 6.45) is 0. The predicted molar refractivity (Wildman–Crippen MR) is 87.5 cm³/mol. The molecule has 0 aliphatic heterocycles. The molecule has 0 aliphatic rings. The molecule has 0 aliphatic carbocycles. The molecular formula is C15H23FN2O2S. The molecule has 21 heavy (non-hydrogen) atoms. The lowest BCUT2D eigenvalue weighted by molar-refractivity contribution is 0.141. The Bertz CT molecular complexity index is 447. The summed E-state index contributed by atoms with van der Waals surface area (Å²) in [5.41, 5.74) is 7.05. The summed E-state index contributed by atoms with van der Waals surface area (Å²) < 4.78 is 24.2. The summed E-state index contributed by atoms with van der Waals surface area (Å²) in [7, 11) is 0. The smallest absolute Gasteiger partial charge is 0.124 e. The maximum Gasteiger partial charge on any atom is 0.124 e. The van der Waals surface area contributed by atoms with Crippen LogP contribution in [0.15, 0.2) is 18.2 Å². The minimum absolute atomic E-state index is 0.183. The van der Waals surface area contributed by atoms with Crippen molar-refractivity contribution in [3.63, 3.8) is 0 Å². The van der Waals surface area contributed by atoms with Gasteiger partial charge in [-0.05, 0) is 32.0 Å². The quantitative estimate of drug-likeness (QED) is 0.530. The third kappa shape index (κ3) is 5.95. The number of benzene rings is 1. The number of hydrogen-bond donors (Lipinski definition) is 1. The largest absolute Gasteiger partial charge is 0.389 e. The van der Waals surface area contributed by atoms with Crippen molar-refractivity contribution in [1.29, 1.82) is 0 Å². The Hall–Kier alpha value is -1.24. The van der Waals surface area contributed by atoms with E-state index in [9.17, 15) is 4.39 Å². The molecule has 118 valence electrons. The highest BCUT2D eigenvalue weighted by atomic mass is 32.1. The van der Waals surface area contributed by atoms with Crippen molar-refractivity contribution in [3.05, 3.63) is 29.6 Å². The van der Waals surface area contributed by atoms with Crippen LogP contribution in [0.5, 0.6) is 0 Å². The average molecular weight is 314 g/mol. The zero-order chi connectivity index (χ0) is 15.7. The van der Waals surface area contributed by atoms with Gasteiger partial charge in [-0.15, -0.1) is 0 Å². The molecule has 4 nitrogen and oxygen atoms in total. The summed E-state index contributed by atoms with van der Waals surface area (Å²) in [6.45, 7) is 7.71. The maximum atomic E-state index is 13.4. The van der Waals surface area contributed by atoms with E-state index in [1.165, 1.54) is 12.1 Å². The van der Waals surface area contributed by atoms with Gasteiger partial charge >= 0.3 is 0 Å². The van der Waals surface area contributed by atoms with Gasteiger partial charge in [-0.3, -0.25) is 0 Å². The molecule has 1 rings (SSSR count). The van der Waals surface area contributed by atoms with Crippen LogP contribution in [0.1, 0.15) is 19.4 Å². The summed E-state index contributed by atoms with van der Waals surface area (Å²) in [5.74, 6) is -0.351. The molecule has 0 amide bonds. The Morgan fingerprint density at radius 3 is 2.24 bits per heavy atom. The first kappa shape index (κ1) is 17.8. The molecule has 0 radical (unpaired) electrons. The number of anilines is 1. The zero-order valence-corrected chi connectivity index (χ0v) is 13.4. The molecule has 0 atom stereocenters. The number of rotatable bonds is 10. The van der Waals surface area contributed by atoms with Crippen molar-refractivity contribution in [2.45, 2.75) is 13.8 Å². The second kappa shape index (κ2) is 9.65. The van der Waals surface area contributed by atoms with Gasteiger partial charge in [0.1, 0.15) is 10.8 Å². The van der Waals surface area contributed by atoms with Gasteiger partial charge in [0.05, 0.1) is 13.2 Å². The third-order valence-electron chi connectivity index (χ3n) is 2.98. The number of nitrogens with zero attached hydrogens (tertiary/aromatic N) is 1. The van der Waals surface area contributed by atoms with Gasteiger partial charge in [0.2, 0.25) is 0 Å². The van der Waals surface area contributed by atoms with Crippen LogP contribution in [-0.4, -0.2) is 44.5 Å². The maximum absolute atomic E-state index is 13.4. The molecule has 6 heteroatoms. The molecule has 0 bridgehead atoms. The molecule has 1 aromatic rings. The van der Waals surface area contributed by atoms with E-state index in [1.54, 1.807) is 6.07 Å². The van der Waals surface area contributed by atoms with Gasteiger partial charge in [0.25, 0.3) is 0 Å². The zero-order valence-electron chi connectivity index (χ0n) is 12.6. The molecular weight excluding hydrogens is 291 g/mol. The highest BCUT2D eigenvalue weighted by molar-refractivity contribution is 7.80. The van der Waals surface area contributed by atoms with Crippen LogP contribution >= 0.6 is 12.2 Å². The van der Waals surface area contributed by atoms with E-state index in [1.807, 2.05) is 13.8 Å². The lowest BCUT2D eigenvalue weighted by Gasteiger charge is -2.26. The van der Waals surface area contributed by atoms with E-state index in [0.717, 1.165) is 5.69 Å². The highest BCUT2D eigenvalue weighted by Gasteiger charge is 2.14. The van der Waals surface area contributed by atoms with E-state index in [-0.39, 0.29) is 10.8 Å². The molecule has 0 unspecified atom stereocenters. The topological polar surface area (TPSA) is 47.7 Å². The van der Waals surface area contributed by atoms with Gasteiger partial charge in [-0.2, -0.15) is 0 Å². The Morgan fingerprint density at radius 2 is 1.76 bits per heavy atom. The first-order valence-corrected chi connectivity index (χ1v) is 7.50. The van der Waals surface area contributed by atoms with Gasteiger partial charge in [0.15, 0.2) is 0 Å². The van der Waals surface area contributed by atoms with Crippen LogP contribution in [0.2, 0.25) is 0 Å². The van der Waals surface area contributed by atoms with Crippen molar-refractivity contribution in [1.82, 2.24) is 0 Å². The first-order chi connectivity index (χ1) is 10.1. The van der Waals surface area contributed by atoms with Crippen molar-refractivity contribution in [2.75, 3.05) is 44.4 Å². The van der Waals surface area contributed by atoms with Crippen molar-refractivity contribution in [2.24, 2.45) is 5.73 Å². The van der Waals surface area contributed by atoms with Crippen LogP contribution in [0.3, 0.4) is 0 Å². The summed E-state index contributed by atoms with van der Waals surface area (Å²) in [5, 5.41) is 0. The van der Waals surface area contributed by atoms with E-state index < -0.39 is 0 Å². The van der Waals surface area contributed by atoms with E-state index in [4.69, 9.17) is 27.4 Å². The number of ether oxygens (including phenoxy) is 2. The van der Waals surface area contributed by atoms with Crippen molar-refractivity contribution >= 4 is 22.9 Å². The SMILES string of the molecule is CCOCCN(CCOCC)c1ccc(F)cc1C(N)=S. The lowest BCUT2D eigenvalue weighted by atomic mass is 10.1. The summed E-state index contributed by atoms with van der Waals surface area (Å²) >= 11 is 5.02. The minimum atomic E-state index is -0.351. The molecule has 0 heterocycles. The van der Waals surface area contributed by atoms with Crippen LogP contribution in [0.25, 0.3) is 0 Å². The molecule has 0 spiro atoms. The Morgan fingerprint density at radius 1 is 1.19 bits per heavy atom. The number of thiocarbonyl (C=S) groups is 1. The van der Waals surface area contributed by atoms with Gasteiger partial charge < -0.3 is 20.1 Å². The second-order valence-corrected chi connectivity index (χ2v) is 4.85. The third-order valence-corrected chi connectivity index (χ3v) is 3.20. The average Bonchev–Trinajstić information content (AvgIpc) is 2.46. The first-order valence-electron chi connectivity index (χ1n) is 7.09. The van der Waals surface area contributed by atoms with Crippen LogP contribution < -0.4 is 10.6 Å². The number of nitrogens with two attached hydrogens (primary N) is 1. The van der Waals surface area contributed by atoms with Gasteiger partial charge in [0, 0.05) is 37.6 Å². The molecule has 0 saturated heterocycles. The molecule has 0 saturated carbocycles. The van der Waals surface area contributed by atoms with Gasteiger partial charge in [-0.1, -0.05) is 12.2 Å². The number of halogens is 1. The Kier molecular flexibility index (Phi) is 8.19. The van der Waals surface area contributed by atoms with E-state index in [2.05, 4.69) is 4.90 Å². The molecule has 0 aromatic heterocycles. The van der Waals surface area contributed by atoms with E-state index in [0.29, 0.717) is 45.1 Å². The summed E-state index contributed by atoms with van der Waals surface area (Å²) in [6, 6.07) is 4.47. The van der Waals surface area contributed by atoms with Gasteiger partial charge in [-0.25, -0.2) is 4.39 Å². The van der Waals surface area contributed by atoms with Crippen LogP contribution in [-0.2, 0) is 9.47 Å². The molecule has 1 aromatic carbocycles. The second-order valence-electron chi connectivity index (χ2n) is 4.41. The van der Waals surface area contributed by atoms with Crippen LogP contribution in [0, 0.1) is 5.82 Å².